The predicted octanol–water partition coefficient (Wildman–Crippen LogP) is 0.958. The Morgan fingerprint density at radius 3 is 2.77 bits per heavy atom. The van der Waals surface area contributed by atoms with E-state index >= 15 is 0 Å². The normalized spacial score (nSPS) is 19.3. The van der Waals surface area contributed by atoms with Gasteiger partial charge in [0.25, 0.3) is 5.91 Å². The van der Waals surface area contributed by atoms with Gasteiger partial charge in [-0.2, -0.15) is 0 Å². The van der Waals surface area contributed by atoms with Gasteiger partial charge in [-0.25, -0.2) is 4.98 Å². The summed E-state index contributed by atoms with van der Waals surface area (Å²) in [5, 5.41) is 19.6. The Balaban J connectivity index is 1.74. The highest BCUT2D eigenvalue weighted by Gasteiger charge is 2.37. The highest BCUT2D eigenvalue weighted by atomic mass is 16.3. The van der Waals surface area contributed by atoms with Crippen molar-refractivity contribution in [3.05, 3.63) is 40.8 Å². The first-order valence-electron chi connectivity index (χ1n) is 9.00. The zero-order valence-electron chi connectivity index (χ0n) is 15.4. The van der Waals surface area contributed by atoms with Crippen molar-refractivity contribution < 1.29 is 14.9 Å². The average molecular weight is 352 g/mol. The molecule has 0 aromatic carbocycles. The first-order valence-corrected chi connectivity index (χ1v) is 9.00. The standard InChI is InChI=1S/C19H23BN3O3/c1-11(24)16-13(20-26)4-5-21-17(16)23-7-6-22-14(18(23)25)8-12-9-19(2,3)10-15(12)22/h4-5,8,11,24,26H,6-7,9-10H2,1-3H3/t11-/m0/s1. The summed E-state index contributed by atoms with van der Waals surface area (Å²) < 4.78 is 2.15. The number of pyridine rings is 1. The van der Waals surface area contributed by atoms with Crippen molar-refractivity contribution in [3.8, 4) is 0 Å². The summed E-state index contributed by atoms with van der Waals surface area (Å²) in [6.07, 6.45) is 2.68. The molecule has 1 radical (unpaired) electrons. The fraction of sp³-hybridized carbons (Fsp3) is 0.474. The second-order valence-electron chi connectivity index (χ2n) is 8.07. The van der Waals surface area contributed by atoms with Crippen molar-refractivity contribution in [2.45, 2.75) is 46.3 Å². The van der Waals surface area contributed by atoms with E-state index in [-0.39, 0.29) is 11.3 Å². The van der Waals surface area contributed by atoms with Gasteiger partial charge in [-0.15, -0.1) is 0 Å². The van der Waals surface area contributed by atoms with Crippen molar-refractivity contribution in [1.29, 1.82) is 0 Å². The Morgan fingerprint density at radius 1 is 1.31 bits per heavy atom. The topological polar surface area (TPSA) is 78.6 Å². The number of aromatic nitrogens is 2. The molecule has 1 aliphatic heterocycles. The third-order valence-electron chi connectivity index (χ3n) is 5.44. The van der Waals surface area contributed by atoms with Gasteiger partial charge in [0.1, 0.15) is 11.5 Å². The molecule has 0 saturated heterocycles. The number of anilines is 1. The molecule has 1 atom stereocenters. The van der Waals surface area contributed by atoms with Gasteiger partial charge in [0.05, 0.1) is 6.10 Å². The lowest BCUT2D eigenvalue weighted by Crippen LogP contribution is -2.42. The van der Waals surface area contributed by atoms with Gasteiger partial charge in [0.15, 0.2) is 0 Å². The number of carbonyl (C=O) groups excluding carboxylic acids is 1. The van der Waals surface area contributed by atoms with E-state index in [9.17, 15) is 14.9 Å². The molecule has 2 aromatic rings. The molecule has 135 valence electrons. The largest absolute Gasteiger partial charge is 0.450 e. The minimum absolute atomic E-state index is 0.104. The molecule has 2 aromatic heterocycles. The average Bonchev–Trinajstić information content (AvgIpc) is 3.07. The minimum atomic E-state index is -0.843. The number of aliphatic hydroxyl groups is 1. The summed E-state index contributed by atoms with van der Waals surface area (Å²) in [4.78, 5) is 19.1. The van der Waals surface area contributed by atoms with Crippen LogP contribution in [0.5, 0.6) is 0 Å². The predicted molar refractivity (Wildman–Crippen MR) is 99.8 cm³/mol. The van der Waals surface area contributed by atoms with Crippen LogP contribution in [-0.4, -0.2) is 39.6 Å². The maximum Gasteiger partial charge on any atom is 0.327 e. The number of hydrogen-bond acceptors (Lipinski definition) is 4. The van der Waals surface area contributed by atoms with E-state index in [1.165, 1.54) is 11.3 Å². The van der Waals surface area contributed by atoms with Gasteiger partial charge >= 0.3 is 7.48 Å². The van der Waals surface area contributed by atoms with Crippen LogP contribution in [0.2, 0.25) is 0 Å². The van der Waals surface area contributed by atoms with Crippen LogP contribution in [-0.2, 0) is 19.4 Å². The van der Waals surface area contributed by atoms with Gasteiger partial charge in [-0.05, 0) is 48.3 Å². The van der Waals surface area contributed by atoms with Crippen molar-refractivity contribution >= 4 is 24.7 Å². The van der Waals surface area contributed by atoms with E-state index in [1.807, 2.05) is 6.07 Å². The Bertz CT molecular complexity index is 888. The fourth-order valence-electron chi connectivity index (χ4n) is 4.35. The first-order chi connectivity index (χ1) is 12.3. The molecule has 1 amide bonds. The van der Waals surface area contributed by atoms with Crippen LogP contribution in [0.4, 0.5) is 5.82 Å². The third-order valence-corrected chi connectivity index (χ3v) is 5.44. The number of fused-ring (bicyclic) bond motifs is 3. The molecule has 0 saturated carbocycles. The van der Waals surface area contributed by atoms with E-state index in [4.69, 9.17) is 0 Å². The van der Waals surface area contributed by atoms with Crippen LogP contribution in [0, 0.1) is 5.41 Å². The lowest BCUT2D eigenvalue weighted by molar-refractivity contribution is 0.0962. The molecule has 0 fully saturated rings. The summed E-state index contributed by atoms with van der Waals surface area (Å²) in [7, 11) is 0.945. The summed E-state index contributed by atoms with van der Waals surface area (Å²) in [5.41, 5.74) is 4.42. The van der Waals surface area contributed by atoms with Gasteiger partial charge in [0.2, 0.25) is 0 Å². The monoisotopic (exact) mass is 352 g/mol. The summed E-state index contributed by atoms with van der Waals surface area (Å²) >= 11 is 0. The second kappa shape index (κ2) is 5.96. The maximum atomic E-state index is 13.2. The quantitative estimate of drug-likeness (QED) is 0.807. The molecular weight excluding hydrogens is 329 g/mol. The Morgan fingerprint density at radius 2 is 2.08 bits per heavy atom. The van der Waals surface area contributed by atoms with E-state index in [2.05, 4.69) is 23.4 Å². The Hall–Kier alpha value is -2.12. The number of aliphatic hydroxyl groups excluding tert-OH is 1. The molecule has 6 nitrogen and oxygen atoms in total. The number of hydrogen-bond donors (Lipinski definition) is 2. The van der Waals surface area contributed by atoms with Crippen molar-refractivity contribution in [2.75, 3.05) is 11.4 Å². The molecule has 1 aliphatic carbocycles. The second-order valence-corrected chi connectivity index (χ2v) is 8.07. The molecule has 3 heterocycles. The van der Waals surface area contributed by atoms with E-state index in [0.717, 1.165) is 20.3 Å². The van der Waals surface area contributed by atoms with Gasteiger partial charge in [0, 0.05) is 30.5 Å². The molecular formula is C19H23BN3O3. The molecule has 2 N–H and O–H groups in total. The Labute approximate surface area is 153 Å². The van der Waals surface area contributed by atoms with Gasteiger partial charge in [-0.3, -0.25) is 9.69 Å². The van der Waals surface area contributed by atoms with E-state index < -0.39 is 6.10 Å². The molecule has 2 aliphatic rings. The zero-order chi connectivity index (χ0) is 18.6. The summed E-state index contributed by atoms with van der Waals surface area (Å²) in [5.74, 6) is 0.314. The van der Waals surface area contributed by atoms with Gasteiger partial charge < -0.3 is 14.7 Å². The highest BCUT2D eigenvalue weighted by molar-refractivity contribution is 6.46. The summed E-state index contributed by atoms with van der Waals surface area (Å²) in [6, 6.07) is 3.64. The highest BCUT2D eigenvalue weighted by Crippen LogP contribution is 2.39. The van der Waals surface area contributed by atoms with Crippen LogP contribution in [0.25, 0.3) is 0 Å². The van der Waals surface area contributed by atoms with Crippen molar-refractivity contribution in [2.24, 2.45) is 5.41 Å². The van der Waals surface area contributed by atoms with Crippen molar-refractivity contribution in [3.63, 3.8) is 0 Å². The number of carbonyl (C=O) groups is 1. The number of nitrogens with zero attached hydrogens (tertiary/aromatic N) is 3. The lowest BCUT2D eigenvalue weighted by atomic mass is 9.83. The first kappa shape index (κ1) is 17.3. The van der Waals surface area contributed by atoms with Crippen LogP contribution in [0.3, 0.4) is 0 Å². The van der Waals surface area contributed by atoms with Crippen LogP contribution in [0.15, 0.2) is 18.3 Å². The lowest BCUT2D eigenvalue weighted by Gasteiger charge is -2.31. The van der Waals surface area contributed by atoms with Crippen molar-refractivity contribution in [1.82, 2.24) is 9.55 Å². The van der Waals surface area contributed by atoms with E-state index in [1.54, 1.807) is 24.1 Å². The fourth-order valence-corrected chi connectivity index (χ4v) is 4.35. The molecule has 0 spiro atoms. The molecule has 0 unspecified atom stereocenters. The van der Waals surface area contributed by atoms with E-state index in [0.29, 0.717) is 35.6 Å². The molecule has 4 rings (SSSR count). The SMILES string of the molecule is C[C@H](O)c1c([B]O)ccnc1N1CCn2c(cc3c2CC(C)(C)C3)C1=O. The third kappa shape index (κ3) is 2.58. The number of amides is 1. The molecule has 26 heavy (non-hydrogen) atoms. The zero-order valence-corrected chi connectivity index (χ0v) is 15.4. The maximum absolute atomic E-state index is 13.2. The van der Waals surface area contributed by atoms with Crippen LogP contribution in [0.1, 0.15) is 54.2 Å². The van der Waals surface area contributed by atoms with Crippen LogP contribution >= 0.6 is 0 Å². The number of rotatable bonds is 3. The van der Waals surface area contributed by atoms with Crippen LogP contribution < -0.4 is 10.4 Å². The van der Waals surface area contributed by atoms with Gasteiger partial charge in [-0.1, -0.05) is 13.8 Å². The summed E-state index contributed by atoms with van der Waals surface area (Å²) in [6.45, 7) is 7.33. The molecule has 7 heteroatoms. The molecule has 0 bridgehead atoms. The minimum Gasteiger partial charge on any atom is -0.450 e. The Kier molecular flexibility index (Phi) is 3.97. The smallest absolute Gasteiger partial charge is 0.327 e.